The molecule has 1 aliphatic rings. The summed E-state index contributed by atoms with van der Waals surface area (Å²) in [5.74, 6) is 1.48. The largest absolute Gasteiger partial charge is 0.337 e. The van der Waals surface area contributed by atoms with Crippen LogP contribution in [0.4, 0.5) is 10.2 Å². The summed E-state index contributed by atoms with van der Waals surface area (Å²) >= 11 is 0. The molecule has 1 atom stereocenters. The minimum atomic E-state index is -0.504. The van der Waals surface area contributed by atoms with E-state index in [2.05, 4.69) is 16.2 Å². The number of aromatic nitrogens is 1. The van der Waals surface area contributed by atoms with E-state index in [9.17, 15) is 14.0 Å². The van der Waals surface area contributed by atoms with E-state index in [1.807, 2.05) is 0 Å². The van der Waals surface area contributed by atoms with Crippen molar-refractivity contribution in [3.8, 4) is 12.3 Å². The minimum absolute atomic E-state index is 0.0924. The number of nitrogens with one attached hydrogen (secondary N) is 1. The normalized spacial score (nSPS) is 16.6. The Morgan fingerprint density at radius 1 is 1.40 bits per heavy atom. The van der Waals surface area contributed by atoms with Crippen LogP contribution in [0.25, 0.3) is 0 Å². The molecule has 1 N–H and O–H groups in total. The topological polar surface area (TPSA) is 62.3 Å². The van der Waals surface area contributed by atoms with E-state index < -0.39 is 5.92 Å². The monoisotopic (exact) mass is 337 g/mol. The highest BCUT2D eigenvalue weighted by molar-refractivity contribution is 5.96. The predicted octanol–water partition coefficient (Wildman–Crippen LogP) is 2.19. The molecule has 1 aromatic heterocycles. The maximum atomic E-state index is 13.7. The summed E-state index contributed by atoms with van der Waals surface area (Å²) in [6.45, 7) is 0.397. The van der Waals surface area contributed by atoms with Crippen LogP contribution in [0.2, 0.25) is 0 Å². The molecule has 1 aliphatic heterocycles. The lowest BCUT2D eigenvalue weighted by Crippen LogP contribution is -2.28. The zero-order chi connectivity index (χ0) is 17.8. The van der Waals surface area contributed by atoms with Crippen molar-refractivity contribution in [2.45, 2.75) is 13.0 Å². The van der Waals surface area contributed by atoms with Gasteiger partial charge in [-0.1, -0.05) is 24.1 Å². The molecule has 1 unspecified atom stereocenters. The summed E-state index contributed by atoms with van der Waals surface area (Å²) in [6.07, 6.45) is 6.92. The molecule has 1 fully saturated rings. The Morgan fingerprint density at radius 3 is 2.96 bits per heavy atom. The number of carbonyl (C=O) groups excluding carboxylic acids is 2. The van der Waals surface area contributed by atoms with Crippen molar-refractivity contribution < 1.29 is 14.0 Å². The van der Waals surface area contributed by atoms with E-state index in [-0.39, 0.29) is 37.1 Å². The van der Waals surface area contributed by atoms with E-state index in [1.54, 1.807) is 30.3 Å². The molecule has 0 aliphatic carbocycles. The van der Waals surface area contributed by atoms with E-state index in [0.717, 1.165) is 0 Å². The summed E-state index contributed by atoms with van der Waals surface area (Å²) in [7, 11) is 0. The van der Waals surface area contributed by atoms with Crippen LogP contribution < -0.4 is 5.32 Å². The lowest BCUT2D eigenvalue weighted by Gasteiger charge is -2.17. The quantitative estimate of drug-likeness (QED) is 0.870. The third-order valence-corrected chi connectivity index (χ3v) is 4.08. The fraction of sp³-hybridized carbons (Fsp3) is 0.211. The Kier molecular flexibility index (Phi) is 4.75. The second-order valence-electron chi connectivity index (χ2n) is 5.83. The van der Waals surface area contributed by atoms with Gasteiger partial charge in [0.25, 0.3) is 0 Å². The number of benzene rings is 1. The number of rotatable bonds is 4. The molecule has 1 aromatic carbocycles. The molecule has 3 rings (SSSR count). The summed E-state index contributed by atoms with van der Waals surface area (Å²) < 4.78 is 13.7. The van der Waals surface area contributed by atoms with Gasteiger partial charge < -0.3 is 10.2 Å². The Hall–Kier alpha value is -3.20. The first-order valence-corrected chi connectivity index (χ1v) is 7.81. The molecule has 5 nitrogen and oxygen atoms in total. The highest BCUT2D eigenvalue weighted by Gasteiger charge is 2.34. The van der Waals surface area contributed by atoms with Gasteiger partial charge in [0.15, 0.2) is 0 Å². The van der Waals surface area contributed by atoms with Crippen molar-refractivity contribution in [1.29, 1.82) is 0 Å². The van der Waals surface area contributed by atoms with Gasteiger partial charge in [-0.2, -0.15) is 0 Å². The number of likely N-dealkylation sites (tertiary alicyclic amines) is 1. The van der Waals surface area contributed by atoms with E-state index >= 15 is 0 Å². The second kappa shape index (κ2) is 7.14. The third kappa shape index (κ3) is 3.83. The molecule has 6 heteroatoms. The molecular formula is C19H16FN3O2. The number of anilines is 1. The SMILES string of the molecule is C#Cc1ccnc(NC(=O)C2CC(=O)N(Cc3ccccc3F)C2)c1. The van der Waals surface area contributed by atoms with Crippen LogP contribution in [-0.4, -0.2) is 28.2 Å². The van der Waals surface area contributed by atoms with Crippen molar-refractivity contribution in [2.75, 3.05) is 11.9 Å². The molecule has 0 saturated carbocycles. The summed E-state index contributed by atoms with van der Waals surface area (Å²) in [6, 6.07) is 9.54. The Morgan fingerprint density at radius 2 is 2.20 bits per heavy atom. The number of halogens is 1. The van der Waals surface area contributed by atoms with Crippen LogP contribution in [0.1, 0.15) is 17.5 Å². The van der Waals surface area contributed by atoms with Crippen molar-refractivity contribution in [1.82, 2.24) is 9.88 Å². The van der Waals surface area contributed by atoms with Gasteiger partial charge in [0.1, 0.15) is 11.6 Å². The number of pyridine rings is 1. The fourth-order valence-electron chi connectivity index (χ4n) is 2.75. The van der Waals surface area contributed by atoms with Crippen LogP contribution in [0, 0.1) is 24.1 Å². The van der Waals surface area contributed by atoms with Crippen LogP contribution in [-0.2, 0) is 16.1 Å². The highest BCUT2D eigenvalue weighted by atomic mass is 19.1. The molecule has 0 radical (unpaired) electrons. The molecular weight excluding hydrogens is 321 g/mol. The molecule has 0 bridgehead atoms. The zero-order valence-electron chi connectivity index (χ0n) is 13.4. The number of carbonyl (C=O) groups is 2. The summed E-state index contributed by atoms with van der Waals surface area (Å²) in [5.41, 5.74) is 1.04. The lowest BCUT2D eigenvalue weighted by atomic mass is 10.1. The lowest BCUT2D eigenvalue weighted by molar-refractivity contribution is -0.128. The van der Waals surface area contributed by atoms with Crippen molar-refractivity contribution in [3.63, 3.8) is 0 Å². The Labute approximate surface area is 144 Å². The minimum Gasteiger partial charge on any atom is -0.337 e. The van der Waals surface area contributed by atoms with E-state index in [1.165, 1.54) is 17.2 Å². The first-order chi connectivity index (χ1) is 12.1. The van der Waals surface area contributed by atoms with Crippen molar-refractivity contribution in [2.24, 2.45) is 5.92 Å². The van der Waals surface area contributed by atoms with Crippen molar-refractivity contribution >= 4 is 17.6 Å². The Bertz CT molecular complexity index is 860. The number of hydrogen-bond donors (Lipinski definition) is 1. The van der Waals surface area contributed by atoms with Gasteiger partial charge >= 0.3 is 0 Å². The van der Waals surface area contributed by atoms with Gasteiger partial charge in [-0.3, -0.25) is 9.59 Å². The van der Waals surface area contributed by atoms with Crippen LogP contribution in [0.5, 0.6) is 0 Å². The number of nitrogens with zero attached hydrogens (tertiary/aromatic N) is 2. The summed E-state index contributed by atoms with van der Waals surface area (Å²) in [5, 5.41) is 2.68. The summed E-state index contributed by atoms with van der Waals surface area (Å²) in [4.78, 5) is 30.0. The van der Waals surface area contributed by atoms with Crippen molar-refractivity contribution in [3.05, 3.63) is 59.5 Å². The van der Waals surface area contributed by atoms with Gasteiger partial charge in [-0.25, -0.2) is 9.37 Å². The molecule has 126 valence electrons. The third-order valence-electron chi connectivity index (χ3n) is 4.08. The Balaban J connectivity index is 1.64. The molecule has 2 aromatic rings. The average molecular weight is 337 g/mol. The fourth-order valence-corrected chi connectivity index (χ4v) is 2.75. The first kappa shape index (κ1) is 16.7. The molecule has 0 spiro atoms. The maximum absolute atomic E-state index is 13.7. The zero-order valence-corrected chi connectivity index (χ0v) is 13.4. The van der Waals surface area contributed by atoms with Crippen LogP contribution in [0.15, 0.2) is 42.6 Å². The predicted molar refractivity (Wildman–Crippen MR) is 90.7 cm³/mol. The van der Waals surface area contributed by atoms with E-state index in [4.69, 9.17) is 6.42 Å². The molecule has 25 heavy (non-hydrogen) atoms. The molecule has 1 saturated heterocycles. The van der Waals surface area contributed by atoms with Crippen LogP contribution >= 0.6 is 0 Å². The van der Waals surface area contributed by atoms with Gasteiger partial charge in [0.2, 0.25) is 11.8 Å². The maximum Gasteiger partial charge on any atom is 0.230 e. The standard InChI is InChI=1S/C19H16FN3O2/c1-2-13-7-8-21-17(9-13)22-19(25)15-10-18(24)23(12-15)11-14-5-3-4-6-16(14)20/h1,3-9,15H,10-12H2,(H,21,22,25). The first-order valence-electron chi connectivity index (χ1n) is 7.81. The molecule has 2 heterocycles. The smallest absolute Gasteiger partial charge is 0.230 e. The number of terminal acetylenes is 1. The average Bonchev–Trinajstić information content (AvgIpc) is 2.98. The van der Waals surface area contributed by atoms with Gasteiger partial charge in [0, 0.05) is 36.8 Å². The van der Waals surface area contributed by atoms with Crippen LogP contribution in [0.3, 0.4) is 0 Å². The van der Waals surface area contributed by atoms with Gasteiger partial charge in [0.05, 0.1) is 5.92 Å². The van der Waals surface area contributed by atoms with Gasteiger partial charge in [-0.05, 0) is 18.2 Å². The second-order valence-corrected chi connectivity index (χ2v) is 5.83. The highest BCUT2D eigenvalue weighted by Crippen LogP contribution is 2.22. The van der Waals surface area contributed by atoms with E-state index in [0.29, 0.717) is 16.9 Å². The molecule has 2 amide bonds. The number of amides is 2. The van der Waals surface area contributed by atoms with Gasteiger partial charge in [-0.15, -0.1) is 6.42 Å². The number of hydrogen-bond acceptors (Lipinski definition) is 3.